The van der Waals surface area contributed by atoms with E-state index in [2.05, 4.69) is 62.1 Å². The van der Waals surface area contributed by atoms with Gasteiger partial charge in [-0.2, -0.15) is 5.26 Å². The number of hydrogen-bond donors (Lipinski definition) is 1. The maximum Gasteiger partial charge on any atom is 0.161 e. The highest BCUT2D eigenvalue weighted by molar-refractivity contribution is 5.72. The lowest BCUT2D eigenvalue weighted by atomic mass is 9.74. The smallest absolute Gasteiger partial charge is 0.161 e. The van der Waals surface area contributed by atoms with Crippen LogP contribution in [0.5, 0.6) is 0 Å². The molecule has 156 valence electrons. The van der Waals surface area contributed by atoms with Crippen molar-refractivity contribution < 1.29 is 0 Å². The Morgan fingerprint density at radius 1 is 1.00 bits per heavy atom. The zero-order valence-corrected chi connectivity index (χ0v) is 17.6. The topological polar surface area (TPSA) is 61.8 Å². The van der Waals surface area contributed by atoms with Gasteiger partial charge in [-0.3, -0.25) is 4.57 Å². The molecule has 7 rings (SSSR count). The van der Waals surface area contributed by atoms with Crippen LogP contribution in [0.3, 0.4) is 0 Å². The minimum Gasteiger partial charge on any atom is -0.370 e. The van der Waals surface area contributed by atoms with Crippen molar-refractivity contribution in [1.29, 1.82) is 5.26 Å². The van der Waals surface area contributed by atoms with Crippen molar-refractivity contribution in [3.63, 3.8) is 0 Å². The summed E-state index contributed by atoms with van der Waals surface area (Å²) in [6.45, 7) is 5.40. The molecule has 1 spiro atoms. The van der Waals surface area contributed by atoms with E-state index in [0.717, 1.165) is 55.4 Å². The standard InChI is InChI=1S/C26H22N6/c27-11-18-1-3-19(4-2-18)20-10-24-25-29-7-8-32(25)23-6-5-22(9-21(23)13-30(24)12-20)31-16-26(17-31)14-28-15-26/h1-10,12,28H,13-17H2. The maximum atomic E-state index is 9.10. The Bertz CT molecular complexity index is 1390. The molecule has 0 atom stereocenters. The van der Waals surface area contributed by atoms with Gasteiger partial charge >= 0.3 is 0 Å². The molecule has 0 aliphatic carbocycles. The van der Waals surface area contributed by atoms with Crippen molar-refractivity contribution >= 4 is 5.69 Å². The quantitative estimate of drug-likeness (QED) is 0.475. The number of imidazole rings is 1. The van der Waals surface area contributed by atoms with Crippen molar-refractivity contribution in [2.24, 2.45) is 5.41 Å². The Kier molecular flexibility index (Phi) is 3.53. The molecule has 3 aliphatic rings. The van der Waals surface area contributed by atoms with E-state index in [1.54, 1.807) is 0 Å². The highest BCUT2D eigenvalue weighted by atomic mass is 15.3. The van der Waals surface area contributed by atoms with E-state index in [0.29, 0.717) is 11.0 Å². The van der Waals surface area contributed by atoms with E-state index in [-0.39, 0.29) is 0 Å². The average Bonchev–Trinajstić information content (AvgIpc) is 3.37. The molecule has 0 saturated carbocycles. The van der Waals surface area contributed by atoms with Crippen LogP contribution in [0.25, 0.3) is 28.3 Å². The van der Waals surface area contributed by atoms with Gasteiger partial charge in [0.2, 0.25) is 0 Å². The number of nitrogens with zero attached hydrogens (tertiary/aromatic N) is 5. The molecular weight excluding hydrogens is 396 g/mol. The van der Waals surface area contributed by atoms with E-state index in [1.165, 1.54) is 16.9 Å². The monoisotopic (exact) mass is 418 g/mol. The third-order valence-corrected chi connectivity index (χ3v) is 7.19. The van der Waals surface area contributed by atoms with Crippen LogP contribution < -0.4 is 10.2 Å². The van der Waals surface area contributed by atoms with Crippen LogP contribution in [0, 0.1) is 16.7 Å². The second-order valence-corrected chi connectivity index (χ2v) is 9.32. The fourth-order valence-electron chi connectivity index (χ4n) is 5.37. The third kappa shape index (κ3) is 2.52. The number of hydrogen-bond acceptors (Lipinski definition) is 4. The molecule has 2 saturated heterocycles. The van der Waals surface area contributed by atoms with Crippen molar-refractivity contribution in [2.75, 3.05) is 31.1 Å². The fourth-order valence-corrected chi connectivity index (χ4v) is 5.37. The lowest BCUT2D eigenvalue weighted by Gasteiger charge is -2.57. The summed E-state index contributed by atoms with van der Waals surface area (Å²) in [7, 11) is 0. The van der Waals surface area contributed by atoms with Crippen LogP contribution >= 0.6 is 0 Å². The molecule has 6 nitrogen and oxygen atoms in total. The van der Waals surface area contributed by atoms with Gasteiger partial charge < -0.3 is 14.8 Å². The minimum atomic E-state index is 0.508. The van der Waals surface area contributed by atoms with E-state index in [9.17, 15) is 0 Å². The number of aromatic nitrogens is 3. The average molecular weight is 419 g/mol. The van der Waals surface area contributed by atoms with E-state index in [4.69, 9.17) is 10.2 Å². The summed E-state index contributed by atoms with van der Waals surface area (Å²) in [4.78, 5) is 7.20. The fraction of sp³-hybridized carbons (Fsp3) is 0.231. The summed E-state index contributed by atoms with van der Waals surface area (Å²) in [6.07, 6.45) is 6.13. The first kappa shape index (κ1) is 17.8. The summed E-state index contributed by atoms with van der Waals surface area (Å²) in [5, 5.41) is 12.5. The van der Waals surface area contributed by atoms with Gasteiger partial charge in [0.15, 0.2) is 5.82 Å². The first-order valence-corrected chi connectivity index (χ1v) is 11.0. The molecule has 32 heavy (non-hydrogen) atoms. The van der Waals surface area contributed by atoms with Crippen molar-refractivity contribution in [1.82, 2.24) is 19.4 Å². The zero-order valence-electron chi connectivity index (χ0n) is 17.6. The van der Waals surface area contributed by atoms with E-state index >= 15 is 0 Å². The summed E-state index contributed by atoms with van der Waals surface area (Å²) < 4.78 is 4.50. The second kappa shape index (κ2) is 6.35. The van der Waals surface area contributed by atoms with Gasteiger partial charge in [-0.25, -0.2) is 4.98 Å². The number of anilines is 1. The number of benzene rings is 2. The van der Waals surface area contributed by atoms with Crippen LogP contribution in [0.15, 0.2) is 67.1 Å². The summed E-state index contributed by atoms with van der Waals surface area (Å²) in [5.74, 6) is 0.958. The van der Waals surface area contributed by atoms with Gasteiger partial charge in [0.1, 0.15) is 0 Å². The lowest BCUT2D eigenvalue weighted by molar-refractivity contribution is 0.121. The largest absolute Gasteiger partial charge is 0.370 e. The van der Waals surface area contributed by atoms with Gasteiger partial charge in [-0.05, 0) is 47.5 Å². The summed E-state index contributed by atoms with van der Waals surface area (Å²) in [6, 6.07) is 19.0. The molecule has 2 aromatic carbocycles. The van der Waals surface area contributed by atoms with Gasteiger partial charge in [-0.1, -0.05) is 12.1 Å². The van der Waals surface area contributed by atoms with Crippen LogP contribution in [0.1, 0.15) is 11.1 Å². The zero-order chi connectivity index (χ0) is 21.3. The van der Waals surface area contributed by atoms with Crippen molar-refractivity contribution in [3.05, 3.63) is 78.2 Å². The van der Waals surface area contributed by atoms with Gasteiger partial charge in [-0.15, -0.1) is 0 Å². The first-order valence-electron chi connectivity index (χ1n) is 11.0. The SMILES string of the molecule is N#Cc1ccc(-c2cc3n(c2)Cc2cc(N4CC5(CNC5)C4)ccc2-n2ccnc2-3)cc1. The Balaban J connectivity index is 1.28. The van der Waals surface area contributed by atoms with Crippen molar-refractivity contribution in [2.45, 2.75) is 6.54 Å². The van der Waals surface area contributed by atoms with Crippen LogP contribution in [0.4, 0.5) is 5.69 Å². The number of rotatable bonds is 2. The predicted molar refractivity (Wildman–Crippen MR) is 124 cm³/mol. The van der Waals surface area contributed by atoms with E-state index < -0.39 is 0 Å². The minimum absolute atomic E-state index is 0.508. The Hall–Kier alpha value is -3.82. The van der Waals surface area contributed by atoms with Crippen LogP contribution in [-0.4, -0.2) is 40.3 Å². The molecule has 3 aliphatic heterocycles. The van der Waals surface area contributed by atoms with E-state index in [1.807, 2.05) is 30.5 Å². The Morgan fingerprint density at radius 2 is 1.84 bits per heavy atom. The Morgan fingerprint density at radius 3 is 2.59 bits per heavy atom. The third-order valence-electron chi connectivity index (χ3n) is 7.19. The molecule has 0 unspecified atom stereocenters. The Labute approximate surface area is 186 Å². The van der Waals surface area contributed by atoms with Crippen molar-refractivity contribution in [3.8, 4) is 34.4 Å². The molecule has 1 N–H and O–H groups in total. The number of fused-ring (bicyclic) bond motifs is 5. The molecule has 0 amide bonds. The second-order valence-electron chi connectivity index (χ2n) is 9.32. The molecule has 2 fully saturated rings. The van der Waals surface area contributed by atoms with Gasteiger partial charge in [0, 0.05) is 68.0 Å². The highest BCUT2D eigenvalue weighted by Crippen LogP contribution is 2.40. The molecular formula is C26H22N6. The normalized spacial score (nSPS) is 17.4. The van der Waals surface area contributed by atoms with Gasteiger partial charge in [0.05, 0.1) is 23.0 Å². The molecule has 4 aromatic rings. The lowest BCUT2D eigenvalue weighted by Crippen LogP contribution is -2.71. The van der Waals surface area contributed by atoms with Crippen LogP contribution in [0.2, 0.25) is 0 Å². The molecule has 5 heterocycles. The molecule has 0 radical (unpaired) electrons. The molecule has 6 heteroatoms. The maximum absolute atomic E-state index is 9.10. The van der Waals surface area contributed by atoms with Crippen LogP contribution in [-0.2, 0) is 6.54 Å². The molecule has 2 aromatic heterocycles. The molecule has 0 bridgehead atoms. The summed E-state index contributed by atoms with van der Waals surface area (Å²) >= 11 is 0. The van der Waals surface area contributed by atoms with Gasteiger partial charge in [0.25, 0.3) is 0 Å². The number of nitriles is 1. The first-order chi connectivity index (χ1) is 15.7. The highest BCUT2D eigenvalue weighted by Gasteiger charge is 2.47. The summed E-state index contributed by atoms with van der Waals surface area (Å²) in [5.41, 5.74) is 8.35. The predicted octanol–water partition coefficient (Wildman–Crippen LogP) is 3.65. The number of nitrogens with one attached hydrogen (secondary N) is 1.